The molecular weight excluding hydrogens is 375 g/mol. The van der Waals surface area contributed by atoms with Crippen LogP contribution in [0.5, 0.6) is 5.75 Å². The number of hydrogen-bond donors (Lipinski definition) is 1. The third kappa shape index (κ3) is 5.64. The van der Waals surface area contributed by atoms with Gasteiger partial charge in [-0.15, -0.1) is 0 Å². The Balaban J connectivity index is 1.98. The Morgan fingerprint density at radius 2 is 1.92 bits per heavy atom. The predicted molar refractivity (Wildman–Crippen MR) is 104 cm³/mol. The topological polar surface area (TPSA) is 58.6 Å². The quantitative estimate of drug-likeness (QED) is 0.770. The molecule has 0 saturated heterocycles. The number of anilines is 1. The minimum atomic E-state index is -0.282. The molecule has 0 heterocycles. The molecule has 0 aliphatic carbocycles. The summed E-state index contributed by atoms with van der Waals surface area (Å²) in [6.07, 6.45) is 0.107. The van der Waals surface area contributed by atoms with Gasteiger partial charge in [0.1, 0.15) is 5.75 Å². The van der Waals surface area contributed by atoms with E-state index in [1.165, 1.54) is 4.90 Å². The lowest BCUT2D eigenvalue weighted by atomic mass is 10.1. The number of carbonyl (C=O) groups excluding carboxylic acids is 2. The lowest BCUT2D eigenvalue weighted by Crippen LogP contribution is -2.38. The van der Waals surface area contributed by atoms with Crippen molar-refractivity contribution in [1.29, 1.82) is 0 Å². The molecule has 1 N–H and O–H groups in total. The van der Waals surface area contributed by atoms with Crippen molar-refractivity contribution in [2.45, 2.75) is 13.3 Å². The van der Waals surface area contributed by atoms with Crippen LogP contribution in [0.1, 0.15) is 12.5 Å². The molecule has 26 heavy (non-hydrogen) atoms. The number of hydrogen-bond acceptors (Lipinski definition) is 3. The zero-order valence-corrected chi connectivity index (χ0v) is 16.1. The molecule has 0 aromatic heterocycles. The molecule has 2 aromatic rings. The number of ether oxygens (including phenoxy) is 1. The summed E-state index contributed by atoms with van der Waals surface area (Å²) in [5.41, 5.74) is 1.28. The van der Waals surface area contributed by atoms with Crippen LogP contribution in [0.25, 0.3) is 0 Å². The molecule has 0 saturated carbocycles. The number of halogens is 2. The molecule has 2 aromatic carbocycles. The summed E-state index contributed by atoms with van der Waals surface area (Å²) in [6.45, 7) is 2.19. The van der Waals surface area contributed by atoms with Crippen molar-refractivity contribution in [3.8, 4) is 5.75 Å². The highest BCUT2D eigenvalue weighted by Gasteiger charge is 2.17. The standard InChI is InChI=1S/C19H20Cl2N2O3/c1-3-23(19(25)9-13-7-8-14(20)10-17(13)21)12-18(24)22-15-5-4-6-16(11-15)26-2/h4-8,10-11H,3,9,12H2,1-2H3,(H,22,24). The zero-order valence-electron chi connectivity index (χ0n) is 14.6. The lowest BCUT2D eigenvalue weighted by Gasteiger charge is -2.21. The van der Waals surface area contributed by atoms with Crippen LogP contribution in [-0.4, -0.2) is 36.9 Å². The van der Waals surface area contributed by atoms with Crippen molar-refractivity contribution in [2.24, 2.45) is 0 Å². The molecule has 0 atom stereocenters. The fourth-order valence-corrected chi connectivity index (χ4v) is 2.87. The van der Waals surface area contributed by atoms with Crippen LogP contribution in [0.2, 0.25) is 10.0 Å². The Morgan fingerprint density at radius 3 is 2.58 bits per heavy atom. The number of nitrogens with one attached hydrogen (secondary N) is 1. The second kappa shape index (κ2) is 9.46. The Morgan fingerprint density at radius 1 is 1.15 bits per heavy atom. The maximum absolute atomic E-state index is 12.5. The van der Waals surface area contributed by atoms with Crippen LogP contribution in [0, 0.1) is 0 Å². The monoisotopic (exact) mass is 394 g/mol. The van der Waals surface area contributed by atoms with E-state index >= 15 is 0 Å². The Kier molecular flexibility index (Phi) is 7.30. The number of likely N-dealkylation sites (N-methyl/N-ethyl adjacent to an activating group) is 1. The zero-order chi connectivity index (χ0) is 19.1. The van der Waals surface area contributed by atoms with E-state index in [1.54, 1.807) is 49.6 Å². The Hall–Kier alpha value is -2.24. The van der Waals surface area contributed by atoms with Crippen molar-refractivity contribution >= 4 is 40.7 Å². The van der Waals surface area contributed by atoms with Crippen molar-refractivity contribution in [3.05, 3.63) is 58.1 Å². The Labute approximate surface area is 162 Å². The molecule has 0 radical (unpaired) electrons. The van der Waals surface area contributed by atoms with Gasteiger partial charge in [-0.3, -0.25) is 9.59 Å². The fourth-order valence-electron chi connectivity index (χ4n) is 2.39. The highest BCUT2D eigenvalue weighted by molar-refractivity contribution is 6.35. The number of rotatable bonds is 7. The number of benzene rings is 2. The summed E-state index contributed by atoms with van der Waals surface area (Å²) >= 11 is 12.0. The first-order chi connectivity index (χ1) is 12.4. The van der Waals surface area contributed by atoms with Crippen LogP contribution in [0.3, 0.4) is 0 Å². The van der Waals surface area contributed by atoms with E-state index in [0.29, 0.717) is 33.6 Å². The molecule has 7 heteroatoms. The molecular formula is C19H20Cl2N2O3. The molecule has 5 nitrogen and oxygen atoms in total. The third-order valence-corrected chi connectivity index (χ3v) is 4.37. The first kappa shape index (κ1) is 20.1. The predicted octanol–water partition coefficient (Wildman–Crippen LogP) is 4.03. The summed E-state index contributed by atoms with van der Waals surface area (Å²) < 4.78 is 5.13. The molecule has 2 rings (SSSR count). The van der Waals surface area contributed by atoms with Gasteiger partial charge in [0.05, 0.1) is 20.1 Å². The van der Waals surface area contributed by atoms with E-state index in [2.05, 4.69) is 5.32 Å². The van der Waals surface area contributed by atoms with E-state index < -0.39 is 0 Å². The number of nitrogens with zero attached hydrogens (tertiary/aromatic N) is 1. The van der Waals surface area contributed by atoms with Gasteiger partial charge >= 0.3 is 0 Å². The fraction of sp³-hybridized carbons (Fsp3) is 0.263. The molecule has 0 spiro atoms. The van der Waals surface area contributed by atoms with Gasteiger partial charge in [-0.05, 0) is 36.8 Å². The highest BCUT2D eigenvalue weighted by atomic mass is 35.5. The van der Waals surface area contributed by atoms with Crippen LogP contribution in [0.4, 0.5) is 5.69 Å². The lowest BCUT2D eigenvalue weighted by molar-refractivity contribution is -0.133. The third-order valence-electron chi connectivity index (χ3n) is 3.78. The van der Waals surface area contributed by atoms with E-state index in [1.807, 2.05) is 6.92 Å². The van der Waals surface area contributed by atoms with Gasteiger partial charge in [-0.2, -0.15) is 0 Å². The molecule has 0 bridgehead atoms. The van der Waals surface area contributed by atoms with E-state index in [0.717, 1.165) is 0 Å². The van der Waals surface area contributed by atoms with Gasteiger partial charge in [0.15, 0.2) is 0 Å². The van der Waals surface area contributed by atoms with Crippen LogP contribution >= 0.6 is 23.2 Å². The smallest absolute Gasteiger partial charge is 0.243 e. The average molecular weight is 395 g/mol. The summed E-state index contributed by atoms with van der Waals surface area (Å²) in [5.74, 6) is 0.178. The minimum Gasteiger partial charge on any atom is -0.497 e. The molecule has 0 aliphatic heterocycles. The van der Waals surface area contributed by atoms with Crippen molar-refractivity contribution < 1.29 is 14.3 Å². The SMILES string of the molecule is CCN(CC(=O)Nc1cccc(OC)c1)C(=O)Cc1ccc(Cl)cc1Cl. The highest BCUT2D eigenvalue weighted by Crippen LogP contribution is 2.22. The van der Waals surface area contributed by atoms with Gasteiger partial charge in [0.2, 0.25) is 11.8 Å². The van der Waals surface area contributed by atoms with E-state index in [4.69, 9.17) is 27.9 Å². The van der Waals surface area contributed by atoms with E-state index in [9.17, 15) is 9.59 Å². The second-order valence-corrected chi connectivity index (χ2v) is 6.44. The Bertz CT molecular complexity index is 796. The van der Waals surface area contributed by atoms with Crippen molar-refractivity contribution in [3.63, 3.8) is 0 Å². The minimum absolute atomic E-state index is 0.0439. The summed E-state index contributed by atoms with van der Waals surface area (Å²) in [6, 6.07) is 12.0. The van der Waals surface area contributed by atoms with Gasteiger partial charge in [-0.1, -0.05) is 35.3 Å². The van der Waals surface area contributed by atoms with Gasteiger partial charge in [-0.25, -0.2) is 0 Å². The molecule has 0 aliphatic rings. The normalized spacial score (nSPS) is 10.3. The van der Waals surface area contributed by atoms with E-state index in [-0.39, 0.29) is 24.8 Å². The summed E-state index contributed by atoms with van der Waals surface area (Å²) in [5, 5.41) is 3.71. The summed E-state index contributed by atoms with van der Waals surface area (Å²) in [7, 11) is 1.56. The number of amides is 2. The largest absolute Gasteiger partial charge is 0.497 e. The van der Waals surface area contributed by atoms with Crippen LogP contribution in [-0.2, 0) is 16.0 Å². The number of methoxy groups -OCH3 is 1. The van der Waals surface area contributed by atoms with Gasteiger partial charge in [0.25, 0.3) is 0 Å². The van der Waals surface area contributed by atoms with Gasteiger partial charge < -0.3 is 15.0 Å². The van der Waals surface area contributed by atoms with Crippen molar-refractivity contribution in [2.75, 3.05) is 25.5 Å². The maximum atomic E-state index is 12.5. The average Bonchev–Trinajstić information content (AvgIpc) is 2.62. The number of carbonyl (C=O) groups is 2. The van der Waals surface area contributed by atoms with Gasteiger partial charge in [0, 0.05) is 28.3 Å². The second-order valence-electron chi connectivity index (χ2n) is 5.60. The molecule has 0 fully saturated rings. The summed E-state index contributed by atoms with van der Waals surface area (Å²) in [4.78, 5) is 26.2. The van der Waals surface area contributed by atoms with Crippen LogP contribution in [0.15, 0.2) is 42.5 Å². The molecule has 2 amide bonds. The maximum Gasteiger partial charge on any atom is 0.243 e. The first-order valence-electron chi connectivity index (χ1n) is 8.08. The molecule has 0 unspecified atom stereocenters. The van der Waals surface area contributed by atoms with Crippen LogP contribution < -0.4 is 10.1 Å². The van der Waals surface area contributed by atoms with Crippen molar-refractivity contribution in [1.82, 2.24) is 4.90 Å². The first-order valence-corrected chi connectivity index (χ1v) is 8.84. The molecule has 138 valence electrons.